The van der Waals surface area contributed by atoms with Crippen LogP contribution in [0.4, 0.5) is 0 Å². The minimum absolute atomic E-state index is 0.323. The van der Waals surface area contributed by atoms with E-state index in [0.717, 1.165) is 19.6 Å². The summed E-state index contributed by atoms with van der Waals surface area (Å²) < 4.78 is 1.88. The third-order valence-corrected chi connectivity index (χ3v) is 4.38. The number of aryl methyl sites for hydroxylation is 1. The summed E-state index contributed by atoms with van der Waals surface area (Å²) in [7, 11) is 1.98. The van der Waals surface area contributed by atoms with Crippen molar-refractivity contribution >= 4 is 0 Å². The number of hydrogen-bond acceptors (Lipinski definition) is 2. The Bertz CT molecular complexity index is 571. The van der Waals surface area contributed by atoms with Crippen molar-refractivity contribution in [2.45, 2.75) is 26.3 Å². The maximum atomic E-state index is 4.26. The van der Waals surface area contributed by atoms with Gasteiger partial charge in [0.15, 0.2) is 0 Å². The fourth-order valence-corrected chi connectivity index (χ4v) is 3.43. The van der Waals surface area contributed by atoms with Gasteiger partial charge in [0.2, 0.25) is 0 Å². The first-order valence-electron chi connectivity index (χ1n) is 7.29. The quantitative estimate of drug-likeness (QED) is 0.854. The van der Waals surface area contributed by atoms with Gasteiger partial charge in [0.1, 0.15) is 0 Å². The highest BCUT2D eigenvalue weighted by atomic mass is 15.2. The number of hydrogen-bond donors (Lipinski definition) is 0. The van der Waals surface area contributed by atoms with Crippen LogP contribution < -0.4 is 0 Å². The fraction of sp³-hybridized carbons (Fsp3) is 0.471. The molecule has 0 radical (unpaired) electrons. The maximum absolute atomic E-state index is 4.26. The molecule has 0 amide bonds. The molecule has 3 nitrogen and oxygen atoms in total. The van der Waals surface area contributed by atoms with Crippen molar-refractivity contribution in [2.24, 2.45) is 12.5 Å². The summed E-state index contributed by atoms with van der Waals surface area (Å²) in [5, 5.41) is 4.26. The van der Waals surface area contributed by atoms with E-state index in [2.05, 4.69) is 60.4 Å². The monoisotopic (exact) mass is 269 g/mol. The zero-order valence-electron chi connectivity index (χ0n) is 12.6. The fourth-order valence-electron chi connectivity index (χ4n) is 3.43. The summed E-state index contributed by atoms with van der Waals surface area (Å²) in [6.45, 7) is 8.04. The highest BCUT2D eigenvalue weighted by molar-refractivity contribution is 5.24. The van der Waals surface area contributed by atoms with Crippen molar-refractivity contribution in [3.05, 3.63) is 53.9 Å². The molecule has 3 heteroatoms. The van der Waals surface area contributed by atoms with Gasteiger partial charge in [0.05, 0.1) is 6.20 Å². The summed E-state index contributed by atoms with van der Waals surface area (Å²) in [6.07, 6.45) is 4.09. The van der Waals surface area contributed by atoms with E-state index >= 15 is 0 Å². The average Bonchev–Trinajstić information content (AvgIpc) is 2.94. The number of likely N-dealkylation sites (tertiary alicyclic amines) is 1. The van der Waals surface area contributed by atoms with Gasteiger partial charge in [-0.25, -0.2) is 0 Å². The molecule has 1 unspecified atom stereocenters. The Labute approximate surface area is 121 Å². The lowest BCUT2D eigenvalue weighted by atomic mass is 9.78. The first kappa shape index (κ1) is 13.4. The van der Waals surface area contributed by atoms with E-state index in [1.54, 1.807) is 0 Å². The molecule has 20 heavy (non-hydrogen) atoms. The van der Waals surface area contributed by atoms with E-state index in [4.69, 9.17) is 0 Å². The normalized spacial score (nSPS) is 22.2. The predicted octanol–water partition coefficient (Wildman–Crippen LogP) is 3.05. The Balaban J connectivity index is 1.75. The lowest BCUT2D eigenvalue weighted by molar-refractivity contribution is 0.282. The highest BCUT2D eigenvalue weighted by Gasteiger charge is 2.39. The Hall–Kier alpha value is -1.61. The first-order chi connectivity index (χ1) is 9.54. The molecule has 1 aromatic carbocycles. The van der Waals surface area contributed by atoms with Gasteiger partial charge in [-0.05, 0) is 11.0 Å². The third-order valence-electron chi connectivity index (χ3n) is 4.38. The van der Waals surface area contributed by atoms with Crippen LogP contribution in [0.3, 0.4) is 0 Å². The van der Waals surface area contributed by atoms with Gasteiger partial charge in [0.25, 0.3) is 0 Å². The van der Waals surface area contributed by atoms with Crippen molar-refractivity contribution in [3.8, 4) is 0 Å². The Morgan fingerprint density at radius 1 is 1.25 bits per heavy atom. The van der Waals surface area contributed by atoms with Crippen LogP contribution in [-0.4, -0.2) is 27.8 Å². The lowest BCUT2D eigenvalue weighted by Gasteiger charge is -2.26. The number of benzene rings is 1. The van der Waals surface area contributed by atoms with E-state index in [-0.39, 0.29) is 0 Å². The van der Waals surface area contributed by atoms with Gasteiger partial charge in [-0.15, -0.1) is 0 Å². The van der Waals surface area contributed by atoms with Crippen LogP contribution in [0.5, 0.6) is 0 Å². The van der Waals surface area contributed by atoms with Crippen LogP contribution in [0, 0.1) is 5.41 Å². The Kier molecular flexibility index (Phi) is 3.38. The predicted molar refractivity (Wildman–Crippen MR) is 81.4 cm³/mol. The summed E-state index contributed by atoms with van der Waals surface area (Å²) >= 11 is 0. The molecule has 1 atom stereocenters. The van der Waals surface area contributed by atoms with Gasteiger partial charge in [-0.1, -0.05) is 44.2 Å². The average molecular weight is 269 g/mol. The summed E-state index contributed by atoms with van der Waals surface area (Å²) in [5.41, 5.74) is 3.09. The molecular weight excluding hydrogens is 246 g/mol. The smallest absolute Gasteiger partial charge is 0.0534 e. The zero-order valence-corrected chi connectivity index (χ0v) is 12.6. The molecule has 0 N–H and O–H groups in total. The molecule has 106 valence electrons. The molecular formula is C17H23N3. The SMILES string of the molecule is Cn1cc(CN2CC(c3ccccc3)C(C)(C)C2)cn1. The van der Waals surface area contributed by atoms with E-state index in [9.17, 15) is 0 Å². The number of nitrogens with zero attached hydrogens (tertiary/aromatic N) is 3. The summed E-state index contributed by atoms with van der Waals surface area (Å²) in [6, 6.07) is 10.9. The molecule has 1 aromatic heterocycles. The molecule has 2 aromatic rings. The van der Waals surface area contributed by atoms with E-state index in [0.29, 0.717) is 11.3 Å². The summed E-state index contributed by atoms with van der Waals surface area (Å²) in [5.74, 6) is 0.611. The Morgan fingerprint density at radius 3 is 2.65 bits per heavy atom. The van der Waals surface area contributed by atoms with Gasteiger partial charge in [0, 0.05) is 44.4 Å². The minimum atomic E-state index is 0.323. The van der Waals surface area contributed by atoms with Gasteiger partial charge >= 0.3 is 0 Å². The molecule has 1 aliphatic rings. The standard InChI is InChI=1S/C17H23N3/c1-17(2)13-20(11-14-9-18-19(3)10-14)12-16(17)15-7-5-4-6-8-15/h4-10,16H,11-13H2,1-3H3. The van der Waals surface area contributed by atoms with E-state index in [1.165, 1.54) is 11.1 Å². The van der Waals surface area contributed by atoms with Crippen LogP contribution in [0.15, 0.2) is 42.7 Å². The van der Waals surface area contributed by atoms with Crippen LogP contribution in [-0.2, 0) is 13.6 Å². The molecule has 1 aliphatic heterocycles. The van der Waals surface area contributed by atoms with Crippen LogP contribution >= 0.6 is 0 Å². The van der Waals surface area contributed by atoms with Crippen molar-refractivity contribution in [1.82, 2.24) is 14.7 Å². The molecule has 0 spiro atoms. The summed E-state index contributed by atoms with van der Waals surface area (Å²) in [4.78, 5) is 2.55. The molecule has 1 fully saturated rings. The molecule has 1 saturated heterocycles. The molecule has 0 aliphatic carbocycles. The number of rotatable bonds is 3. The molecule has 3 rings (SSSR count). The molecule has 0 bridgehead atoms. The van der Waals surface area contributed by atoms with E-state index < -0.39 is 0 Å². The minimum Gasteiger partial charge on any atom is -0.298 e. The highest BCUT2D eigenvalue weighted by Crippen LogP contribution is 2.42. The second-order valence-corrected chi connectivity index (χ2v) is 6.64. The van der Waals surface area contributed by atoms with E-state index in [1.807, 2.05) is 17.9 Å². The lowest BCUT2D eigenvalue weighted by Crippen LogP contribution is -2.23. The van der Waals surface area contributed by atoms with Crippen molar-refractivity contribution in [3.63, 3.8) is 0 Å². The van der Waals surface area contributed by atoms with Crippen LogP contribution in [0.2, 0.25) is 0 Å². The Morgan fingerprint density at radius 2 is 2.00 bits per heavy atom. The van der Waals surface area contributed by atoms with Gasteiger partial charge in [-0.3, -0.25) is 9.58 Å². The van der Waals surface area contributed by atoms with Gasteiger partial charge < -0.3 is 0 Å². The van der Waals surface area contributed by atoms with Crippen molar-refractivity contribution in [2.75, 3.05) is 13.1 Å². The molecule has 0 saturated carbocycles. The third kappa shape index (κ3) is 2.63. The maximum Gasteiger partial charge on any atom is 0.0534 e. The zero-order chi connectivity index (χ0) is 14.2. The topological polar surface area (TPSA) is 21.1 Å². The number of aromatic nitrogens is 2. The van der Waals surface area contributed by atoms with Crippen molar-refractivity contribution < 1.29 is 0 Å². The second-order valence-electron chi connectivity index (χ2n) is 6.64. The largest absolute Gasteiger partial charge is 0.298 e. The molecule has 2 heterocycles. The first-order valence-corrected chi connectivity index (χ1v) is 7.29. The second kappa shape index (κ2) is 5.06. The van der Waals surface area contributed by atoms with Crippen molar-refractivity contribution in [1.29, 1.82) is 0 Å². The van der Waals surface area contributed by atoms with Crippen LogP contribution in [0.1, 0.15) is 30.9 Å². The van der Waals surface area contributed by atoms with Crippen LogP contribution in [0.25, 0.3) is 0 Å². The van der Waals surface area contributed by atoms with Gasteiger partial charge in [-0.2, -0.15) is 5.10 Å².